The van der Waals surface area contributed by atoms with Crippen molar-refractivity contribution in [2.45, 2.75) is 5.41 Å². The number of rotatable bonds is 4. The SMILES string of the molecule is c1ccc(C2(c3ccccc3)c3ccccc3-c3c2ccc2c4ccccc4n(-c4ccc(-c5ccc6ccc7cccc8ccc5c6c78)cc4)c32)cc1. The van der Waals surface area contributed by atoms with E-state index in [1.165, 1.54) is 98.6 Å². The molecule has 12 rings (SSSR count). The molecule has 10 aromatic carbocycles. The van der Waals surface area contributed by atoms with E-state index in [2.05, 4.69) is 205 Å². The lowest BCUT2D eigenvalue weighted by Gasteiger charge is -2.33. The molecule has 0 saturated heterocycles. The van der Waals surface area contributed by atoms with Crippen LogP contribution in [0.2, 0.25) is 0 Å². The van der Waals surface area contributed by atoms with Gasteiger partial charge in [0, 0.05) is 22.0 Å². The van der Waals surface area contributed by atoms with E-state index in [1.54, 1.807) is 0 Å². The number of fused-ring (bicyclic) bond motifs is 7. The van der Waals surface area contributed by atoms with Crippen molar-refractivity contribution >= 4 is 54.1 Å². The molecule has 0 radical (unpaired) electrons. The first-order valence-electron chi connectivity index (χ1n) is 18.9. The molecule has 54 heavy (non-hydrogen) atoms. The topological polar surface area (TPSA) is 4.93 Å². The van der Waals surface area contributed by atoms with E-state index < -0.39 is 5.41 Å². The molecule has 0 fully saturated rings. The highest BCUT2D eigenvalue weighted by Gasteiger charge is 2.47. The molecule has 11 aromatic rings. The van der Waals surface area contributed by atoms with Crippen LogP contribution < -0.4 is 0 Å². The van der Waals surface area contributed by atoms with E-state index in [4.69, 9.17) is 0 Å². The summed E-state index contributed by atoms with van der Waals surface area (Å²) < 4.78 is 2.51. The van der Waals surface area contributed by atoms with Crippen LogP contribution in [-0.2, 0) is 5.41 Å². The van der Waals surface area contributed by atoms with E-state index in [0.29, 0.717) is 0 Å². The summed E-state index contributed by atoms with van der Waals surface area (Å²) in [7, 11) is 0. The normalized spacial score (nSPS) is 13.3. The molecule has 0 aliphatic heterocycles. The Hall–Kier alpha value is -6.96. The lowest BCUT2D eigenvalue weighted by Crippen LogP contribution is -2.28. The zero-order chi connectivity index (χ0) is 35.4. The van der Waals surface area contributed by atoms with E-state index in [0.717, 1.165) is 5.69 Å². The first kappa shape index (κ1) is 29.6. The summed E-state index contributed by atoms with van der Waals surface area (Å²) in [4.78, 5) is 0. The van der Waals surface area contributed by atoms with Crippen LogP contribution in [0.1, 0.15) is 22.3 Å². The minimum absolute atomic E-state index is 0.456. The Bertz CT molecular complexity index is 3190. The third-order valence-electron chi connectivity index (χ3n) is 12.2. The molecular formula is C53H33N. The van der Waals surface area contributed by atoms with Crippen LogP contribution in [0.25, 0.3) is 82.1 Å². The van der Waals surface area contributed by atoms with Gasteiger partial charge in [0.2, 0.25) is 0 Å². The number of hydrogen-bond acceptors (Lipinski definition) is 0. The molecule has 0 N–H and O–H groups in total. The zero-order valence-corrected chi connectivity index (χ0v) is 29.5. The maximum atomic E-state index is 2.51. The van der Waals surface area contributed by atoms with Gasteiger partial charge in [0.25, 0.3) is 0 Å². The molecule has 0 spiro atoms. The molecule has 1 aliphatic carbocycles. The summed E-state index contributed by atoms with van der Waals surface area (Å²) >= 11 is 0. The van der Waals surface area contributed by atoms with Crippen molar-refractivity contribution in [3.8, 4) is 27.9 Å². The van der Waals surface area contributed by atoms with Crippen molar-refractivity contribution in [3.05, 3.63) is 222 Å². The molecule has 0 bridgehead atoms. The predicted molar refractivity (Wildman–Crippen MR) is 227 cm³/mol. The number of aromatic nitrogens is 1. The van der Waals surface area contributed by atoms with Gasteiger partial charge in [-0.25, -0.2) is 0 Å². The van der Waals surface area contributed by atoms with Crippen LogP contribution in [0.15, 0.2) is 200 Å². The van der Waals surface area contributed by atoms with Crippen molar-refractivity contribution in [2.75, 3.05) is 0 Å². The van der Waals surface area contributed by atoms with Crippen molar-refractivity contribution in [3.63, 3.8) is 0 Å². The van der Waals surface area contributed by atoms with Crippen molar-refractivity contribution in [2.24, 2.45) is 0 Å². The Kier molecular flexibility index (Phi) is 6.04. The zero-order valence-electron chi connectivity index (χ0n) is 29.5. The second kappa shape index (κ2) is 11.0. The molecule has 250 valence electrons. The van der Waals surface area contributed by atoms with Gasteiger partial charge in [-0.2, -0.15) is 0 Å². The third-order valence-corrected chi connectivity index (χ3v) is 12.2. The lowest BCUT2D eigenvalue weighted by atomic mass is 9.67. The lowest BCUT2D eigenvalue weighted by molar-refractivity contribution is 0.769. The van der Waals surface area contributed by atoms with Crippen LogP contribution in [-0.4, -0.2) is 4.57 Å². The molecule has 0 unspecified atom stereocenters. The average molecular weight is 684 g/mol. The minimum Gasteiger partial charge on any atom is -0.309 e. The number of nitrogens with zero attached hydrogens (tertiary/aromatic N) is 1. The Morgan fingerprint density at radius 3 is 1.72 bits per heavy atom. The average Bonchev–Trinajstić information content (AvgIpc) is 3.74. The maximum Gasteiger partial charge on any atom is 0.0714 e. The first-order chi connectivity index (χ1) is 26.8. The number of benzene rings is 10. The molecule has 0 atom stereocenters. The Labute approximate surface area is 313 Å². The Morgan fingerprint density at radius 1 is 0.352 bits per heavy atom. The highest BCUT2D eigenvalue weighted by Crippen LogP contribution is 2.58. The van der Waals surface area contributed by atoms with Gasteiger partial charge in [-0.1, -0.05) is 182 Å². The van der Waals surface area contributed by atoms with E-state index >= 15 is 0 Å². The van der Waals surface area contributed by atoms with Crippen LogP contribution in [0.5, 0.6) is 0 Å². The third kappa shape index (κ3) is 3.83. The second-order valence-electron chi connectivity index (χ2n) is 14.8. The van der Waals surface area contributed by atoms with Crippen LogP contribution in [0, 0.1) is 0 Å². The van der Waals surface area contributed by atoms with Crippen LogP contribution >= 0.6 is 0 Å². The first-order valence-corrected chi connectivity index (χ1v) is 18.9. The quantitative estimate of drug-likeness (QED) is 0.163. The second-order valence-corrected chi connectivity index (χ2v) is 14.8. The Morgan fingerprint density at radius 2 is 0.963 bits per heavy atom. The molecule has 0 amide bonds. The Balaban J connectivity index is 1.13. The summed E-state index contributed by atoms with van der Waals surface area (Å²) in [5.74, 6) is 0. The molecule has 1 nitrogen and oxygen atoms in total. The fourth-order valence-electron chi connectivity index (χ4n) is 10.0. The number of hydrogen-bond donors (Lipinski definition) is 0. The fourth-order valence-corrected chi connectivity index (χ4v) is 10.0. The summed E-state index contributed by atoms with van der Waals surface area (Å²) in [6, 6.07) is 74.5. The fraction of sp³-hybridized carbons (Fsp3) is 0.0189. The molecule has 1 heterocycles. The van der Waals surface area contributed by atoms with Gasteiger partial charge in [0.05, 0.1) is 16.4 Å². The van der Waals surface area contributed by atoms with Gasteiger partial charge in [0.1, 0.15) is 0 Å². The maximum absolute atomic E-state index is 2.51. The summed E-state index contributed by atoms with van der Waals surface area (Å²) in [6.07, 6.45) is 0. The predicted octanol–water partition coefficient (Wildman–Crippen LogP) is 13.7. The highest BCUT2D eigenvalue weighted by atomic mass is 15.0. The van der Waals surface area contributed by atoms with Crippen molar-refractivity contribution in [1.29, 1.82) is 0 Å². The highest BCUT2D eigenvalue weighted by molar-refractivity contribution is 6.25. The van der Waals surface area contributed by atoms with Gasteiger partial charge < -0.3 is 4.57 Å². The van der Waals surface area contributed by atoms with Crippen LogP contribution in [0.4, 0.5) is 0 Å². The molecule has 1 heteroatoms. The minimum atomic E-state index is -0.456. The van der Waals surface area contributed by atoms with Gasteiger partial charge in [0.15, 0.2) is 0 Å². The molecular weight excluding hydrogens is 651 g/mol. The van der Waals surface area contributed by atoms with Gasteiger partial charge in [-0.15, -0.1) is 0 Å². The largest absolute Gasteiger partial charge is 0.309 e. The van der Waals surface area contributed by atoms with Gasteiger partial charge in [-0.3, -0.25) is 0 Å². The van der Waals surface area contributed by atoms with E-state index in [9.17, 15) is 0 Å². The summed E-state index contributed by atoms with van der Waals surface area (Å²) in [5.41, 5.74) is 13.5. The van der Waals surface area contributed by atoms with Crippen LogP contribution in [0.3, 0.4) is 0 Å². The number of para-hydroxylation sites is 1. The van der Waals surface area contributed by atoms with Crippen molar-refractivity contribution in [1.82, 2.24) is 4.57 Å². The summed E-state index contributed by atoms with van der Waals surface area (Å²) in [5, 5.41) is 10.4. The standard InChI is InChI=1S/C53H33N/c1-3-14-38(15-4-1)53(39-16-5-2-6-17-39)46-20-9-7-19-45(46)51-47(53)33-32-44-42-18-8-10-21-48(42)54(52(44)51)40-28-24-34(25-29-40)41-30-26-37-23-22-35-12-11-13-36-27-31-43(41)50(37)49(35)36/h1-33H. The summed E-state index contributed by atoms with van der Waals surface area (Å²) in [6.45, 7) is 0. The molecule has 0 saturated carbocycles. The monoisotopic (exact) mass is 683 g/mol. The van der Waals surface area contributed by atoms with Gasteiger partial charge >= 0.3 is 0 Å². The van der Waals surface area contributed by atoms with Crippen molar-refractivity contribution < 1.29 is 0 Å². The van der Waals surface area contributed by atoms with Gasteiger partial charge in [-0.05, 0) is 89.5 Å². The van der Waals surface area contributed by atoms with E-state index in [-0.39, 0.29) is 0 Å². The smallest absolute Gasteiger partial charge is 0.0714 e. The van der Waals surface area contributed by atoms with E-state index in [1.807, 2.05) is 0 Å². The molecule has 1 aliphatic rings. The molecule has 1 aromatic heterocycles.